The molecule has 10 heteroatoms. The number of sulfone groups is 1. The average molecular weight is 347 g/mol. The van der Waals surface area contributed by atoms with Gasteiger partial charge < -0.3 is 4.74 Å². The van der Waals surface area contributed by atoms with Crippen molar-refractivity contribution in [2.75, 3.05) is 0 Å². The molecule has 2 aromatic rings. The highest BCUT2D eigenvalue weighted by atomic mass is 32.2. The maximum atomic E-state index is 12.3. The summed E-state index contributed by atoms with van der Waals surface area (Å²) in [7, 11) is -4.13. The summed E-state index contributed by atoms with van der Waals surface area (Å²) in [5.74, 6) is -0.680. The first-order valence-corrected chi connectivity index (χ1v) is 7.43. The molecule has 0 saturated carbocycles. The van der Waals surface area contributed by atoms with Crippen LogP contribution in [0.4, 0.5) is 18.9 Å². The second-order valence-electron chi connectivity index (χ2n) is 4.28. The van der Waals surface area contributed by atoms with Gasteiger partial charge in [-0.25, -0.2) is 8.42 Å². The van der Waals surface area contributed by atoms with E-state index in [1.165, 1.54) is 0 Å². The smallest absolute Gasteiger partial charge is 0.406 e. The van der Waals surface area contributed by atoms with Crippen LogP contribution in [-0.4, -0.2) is 19.7 Å². The Balaban J connectivity index is 2.39. The van der Waals surface area contributed by atoms with Crippen LogP contribution >= 0.6 is 0 Å². The Morgan fingerprint density at radius 1 is 1.00 bits per heavy atom. The molecule has 2 rings (SSSR count). The number of non-ortho nitro benzene ring substituents is 1. The van der Waals surface area contributed by atoms with E-state index in [-0.39, 0.29) is 10.6 Å². The largest absolute Gasteiger partial charge is 0.573 e. The van der Waals surface area contributed by atoms with Crippen molar-refractivity contribution in [3.05, 3.63) is 58.6 Å². The van der Waals surface area contributed by atoms with Gasteiger partial charge in [0.25, 0.3) is 5.69 Å². The summed E-state index contributed by atoms with van der Waals surface area (Å²) in [6.07, 6.45) is -4.95. The quantitative estimate of drug-likeness (QED) is 0.625. The molecule has 0 bridgehead atoms. The number of benzene rings is 2. The first kappa shape index (κ1) is 16.7. The number of nitro groups is 1. The summed E-state index contributed by atoms with van der Waals surface area (Å²) in [6.45, 7) is 0. The van der Waals surface area contributed by atoms with Crippen molar-refractivity contribution >= 4 is 15.5 Å². The van der Waals surface area contributed by atoms with Crippen molar-refractivity contribution in [1.82, 2.24) is 0 Å². The molecule has 0 heterocycles. The molecule has 0 atom stereocenters. The van der Waals surface area contributed by atoms with Gasteiger partial charge in [0.15, 0.2) is 0 Å². The van der Waals surface area contributed by atoms with E-state index in [1.54, 1.807) is 0 Å². The normalized spacial score (nSPS) is 12.0. The van der Waals surface area contributed by atoms with E-state index in [2.05, 4.69) is 4.74 Å². The van der Waals surface area contributed by atoms with Crippen molar-refractivity contribution < 1.29 is 31.2 Å². The lowest BCUT2D eigenvalue weighted by atomic mass is 10.3. The molecule has 0 amide bonds. The van der Waals surface area contributed by atoms with Gasteiger partial charge in [-0.3, -0.25) is 10.1 Å². The highest BCUT2D eigenvalue weighted by Crippen LogP contribution is 2.28. The van der Waals surface area contributed by atoms with Crippen LogP contribution in [0.2, 0.25) is 0 Å². The number of hydrogen-bond donors (Lipinski definition) is 0. The third kappa shape index (κ3) is 3.97. The Hall–Kier alpha value is -2.62. The van der Waals surface area contributed by atoms with E-state index in [1.807, 2.05) is 0 Å². The van der Waals surface area contributed by atoms with Gasteiger partial charge in [0.2, 0.25) is 9.84 Å². The van der Waals surface area contributed by atoms with Crippen LogP contribution in [0.5, 0.6) is 5.75 Å². The minimum absolute atomic E-state index is 0.285. The van der Waals surface area contributed by atoms with E-state index in [0.717, 1.165) is 48.5 Å². The van der Waals surface area contributed by atoms with Crippen LogP contribution < -0.4 is 4.74 Å². The summed E-state index contributed by atoms with van der Waals surface area (Å²) in [6, 6.07) is 7.87. The molecule has 0 aliphatic rings. The van der Waals surface area contributed by atoms with Crippen LogP contribution in [0.1, 0.15) is 0 Å². The SMILES string of the molecule is O=[N+]([O-])c1ccc(S(=O)(=O)c2cccc(OC(F)(F)F)c2)cc1. The van der Waals surface area contributed by atoms with Crippen LogP contribution in [0.15, 0.2) is 58.3 Å². The second kappa shape index (κ2) is 5.88. The fraction of sp³-hybridized carbons (Fsp3) is 0.0769. The van der Waals surface area contributed by atoms with E-state index in [4.69, 9.17) is 0 Å². The fourth-order valence-corrected chi connectivity index (χ4v) is 3.02. The Bertz CT molecular complexity index is 831. The Morgan fingerprint density at radius 3 is 2.13 bits per heavy atom. The molecule has 0 radical (unpaired) electrons. The first-order valence-electron chi connectivity index (χ1n) is 5.95. The highest BCUT2D eigenvalue weighted by molar-refractivity contribution is 7.91. The molecule has 0 fully saturated rings. The Kier molecular flexibility index (Phi) is 4.28. The van der Waals surface area contributed by atoms with E-state index in [0.29, 0.717) is 0 Å². The predicted octanol–water partition coefficient (Wildman–Crippen LogP) is 3.33. The Labute approximate surface area is 128 Å². The van der Waals surface area contributed by atoms with Crippen LogP contribution in [0, 0.1) is 10.1 Å². The molecule has 0 aliphatic heterocycles. The maximum Gasteiger partial charge on any atom is 0.573 e. The Morgan fingerprint density at radius 2 is 1.61 bits per heavy atom. The minimum Gasteiger partial charge on any atom is -0.406 e. The zero-order valence-electron chi connectivity index (χ0n) is 11.1. The minimum atomic E-state index is -4.95. The first-order chi connectivity index (χ1) is 10.6. The van der Waals surface area contributed by atoms with Gasteiger partial charge in [0, 0.05) is 12.1 Å². The highest BCUT2D eigenvalue weighted by Gasteiger charge is 2.31. The predicted molar refractivity (Wildman–Crippen MR) is 71.7 cm³/mol. The van der Waals surface area contributed by atoms with Gasteiger partial charge in [0.05, 0.1) is 14.7 Å². The van der Waals surface area contributed by atoms with Crippen molar-refractivity contribution in [2.24, 2.45) is 0 Å². The number of hydrogen-bond acceptors (Lipinski definition) is 5. The zero-order valence-corrected chi connectivity index (χ0v) is 12.0. The van der Waals surface area contributed by atoms with Gasteiger partial charge in [-0.05, 0) is 30.3 Å². The number of halogens is 3. The number of nitro benzene ring substituents is 1. The van der Waals surface area contributed by atoms with Crippen LogP contribution in [-0.2, 0) is 9.84 Å². The summed E-state index contributed by atoms with van der Waals surface area (Å²) in [4.78, 5) is 9.13. The molecule has 0 saturated heterocycles. The molecule has 0 spiro atoms. The molecular weight excluding hydrogens is 339 g/mol. The number of ether oxygens (including phenoxy) is 1. The summed E-state index contributed by atoms with van der Waals surface area (Å²) < 4.78 is 64.9. The van der Waals surface area contributed by atoms with Crippen LogP contribution in [0.3, 0.4) is 0 Å². The summed E-state index contributed by atoms with van der Waals surface area (Å²) in [5, 5.41) is 10.5. The molecule has 0 unspecified atom stereocenters. The molecule has 6 nitrogen and oxygen atoms in total. The van der Waals surface area contributed by atoms with Crippen molar-refractivity contribution in [1.29, 1.82) is 0 Å². The molecule has 122 valence electrons. The molecule has 0 N–H and O–H groups in total. The van der Waals surface area contributed by atoms with Gasteiger partial charge in [-0.1, -0.05) is 6.07 Å². The molecule has 23 heavy (non-hydrogen) atoms. The lowest BCUT2D eigenvalue weighted by molar-refractivity contribution is -0.384. The summed E-state index contributed by atoms with van der Waals surface area (Å²) in [5.41, 5.74) is -0.307. The number of alkyl halides is 3. The lowest BCUT2D eigenvalue weighted by Crippen LogP contribution is -2.17. The van der Waals surface area contributed by atoms with Crippen molar-refractivity contribution in [2.45, 2.75) is 16.2 Å². The number of nitrogens with zero attached hydrogens (tertiary/aromatic N) is 1. The van der Waals surface area contributed by atoms with Crippen molar-refractivity contribution in [3.8, 4) is 5.75 Å². The standard InChI is InChI=1S/C13H8F3NO5S/c14-13(15,16)22-10-2-1-3-12(8-10)23(20,21)11-6-4-9(5-7-11)17(18)19/h1-8H. The number of rotatable bonds is 4. The third-order valence-corrected chi connectivity index (χ3v) is 4.47. The van der Waals surface area contributed by atoms with Gasteiger partial charge in [-0.2, -0.15) is 0 Å². The van der Waals surface area contributed by atoms with E-state index >= 15 is 0 Å². The van der Waals surface area contributed by atoms with Gasteiger partial charge >= 0.3 is 6.36 Å². The zero-order chi connectivity index (χ0) is 17.3. The lowest BCUT2D eigenvalue weighted by Gasteiger charge is -2.10. The molecule has 0 aliphatic carbocycles. The van der Waals surface area contributed by atoms with Gasteiger partial charge in [0.1, 0.15) is 5.75 Å². The van der Waals surface area contributed by atoms with E-state index in [9.17, 15) is 31.7 Å². The second-order valence-corrected chi connectivity index (χ2v) is 6.23. The van der Waals surface area contributed by atoms with Gasteiger partial charge in [-0.15, -0.1) is 13.2 Å². The molecule has 2 aromatic carbocycles. The maximum absolute atomic E-state index is 12.3. The summed E-state index contributed by atoms with van der Waals surface area (Å²) >= 11 is 0. The van der Waals surface area contributed by atoms with E-state index < -0.39 is 31.8 Å². The third-order valence-electron chi connectivity index (χ3n) is 2.71. The topological polar surface area (TPSA) is 86.5 Å². The monoisotopic (exact) mass is 347 g/mol. The molecule has 0 aromatic heterocycles. The van der Waals surface area contributed by atoms with Crippen LogP contribution in [0.25, 0.3) is 0 Å². The van der Waals surface area contributed by atoms with Crippen molar-refractivity contribution in [3.63, 3.8) is 0 Å². The average Bonchev–Trinajstić information content (AvgIpc) is 2.46. The molecular formula is C13H8F3NO5S. The fourth-order valence-electron chi connectivity index (χ4n) is 1.72.